The van der Waals surface area contributed by atoms with Gasteiger partial charge in [-0.2, -0.15) is 5.26 Å². The maximum absolute atomic E-state index is 13.5. The Hall–Kier alpha value is -2.26. The van der Waals surface area contributed by atoms with Crippen LogP contribution in [0.1, 0.15) is 49.3 Å². The van der Waals surface area contributed by atoms with Crippen molar-refractivity contribution in [1.82, 2.24) is 0 Å². The standard InChI is InChI=1S/C24H23Cl2N3OS/c1-4-16-5-6-20(31-16)21-17(12-27)23(28)29(15-8-13(25)7-14(26)9-15)18-10-24(2,3)11-19(30)22(18)21/h5-9,21H,4,10-11,28H2,1-3H3/t21-/m0/s1. The maximum atomic E-state index is 13.5. The summed E-state index contributed by atoms with van der Waals surface area (Å²) < 4.78 is 0. The van der Waals surface area contributed by atoms with Gasteiger partial charge in [0.15, 0.2) is 5.78 Å². The summed E-state index contributed by atoms with van der Waals surface area (Å²) in [6.45, 7) is 6.25. The molecule has 0 spiro atoms. The van der Waals surface area contributed by atoms with E-state index in [-0.39, 0.29) is 11.2 Å². The van der Waals surface area contributed by atoms with Crippen molar-refractivity contribution in [2.45, 2.75) is 46.0 Å². The van der Waals surface area contributed by atoms with Crippen LogP contribution in [0.5, 0.6) is 0 Å². The number of carbonyl (C=O) groups excluding carboxylic acids is 1. The summed E-state index contributed by atoms with van der Waals surface area (Å²) in [5.41, 5.74) is 8.92. The van der Waals surface area contributed by atoms with Gasteiger partial charge in [-0.3, -0.25) is 9.69 Å². The lowest BCUT2D eigenvalue weighted by Gasteiger charge is -2.43. The van der Waals surface area contributed by atoms with Crippen molar-refractivity contribution in [2.24, 2.45) is 11.1 Å². The molecule has 2 N–H and O–H groups in total. The number of hydrogen-bond acceptors (Lipinski definition) is 5. The molecule has 0 radical (unpaired) electrons. The van der Waals surface area contributed by atoms with Gasteiger partial charge in [0, 0.05) is 37.5 Å². The fraction of sp³-hybridized carbons (Fsp3) is 0.333. The van der Waals surface area contributed by atoms with Gasteiger partial charge in [-0.1, -0.05) is 44.0 Å². The van der Waals surface area contributed by atoms with E-state index in [0.29, 0.717) is 45.5 Å². The molecule has 2 aliphatic rings. The Morgan fingerprint density at radius 3 is 2.48 bits per heavy atom. The van der Waals surface area contributed by atoms with Crippen LogP contribution in [0.2, 0.25) is 10.0 Å². The summed E-state index contributed by atoms with van der Waals surface area (Å²) in [5, 5.41) is 11.0. The van der Waals surface area contributed by atoms with Gasteiger partial charge in [0.25, 0.3) is 0 Å². The van der Waals surface area contributed by atoms with Crippen molar-refractivity contribution >= 4 is 46.0 Å². The number of benzene rings is 1. The van der Waals surface area contributed by atoms with Crippen LogP contribution < -0.4 is 10.6 Å². The van der Waals surface area contributed by atoms with Gasteiger partial charge in [-0.05, 0) is 48.6 Å². The molecule has 0 saturated heterocycles. The fourth-order valence-electron chi connectivity index (χ4n) is 4.50. The molecule has 0 unspecified atom stereocenters. The van der Waals surface area contributed by atoms with Gasteiger partial charge in [-0.15, -0.1) is 11.3 Å². The summed E-state index contributed by atoms with van der Waals surface area (Å²) in [6, 6.07) is 11.5. The van der Waals surface area contributed by atoms with Crippen LogP contribution in [0, 0.1) is 16.7 Å². The van der Waals surface area contributed by atoms with Gasteiger partial charge < -0.3 is 5.73 Å². The normalized spacial score (nSPS) is 20.7. The predicted octanol–water partition coefficient (Wildman–Crippen LogP) is 6.56. The Morgan fingerprint density at radius 1 is 1.23 bits per heavy atom. The second kappa shape index (κ2) is 8.02. The Balaban J connectivity index is 2.00. The molecular formula is C24H23Cl2N3OS. The molecule has 1 atom stereocenters. The third-order valence-corrected chi connectivity index (χ3v) is 7.53. The first-order valence-corrected chi connectivity index (χ1v) is 11.7. The summed E-state index contributed by atoms with van der Waals surface area (Å²) >= 11 is 14.2. The number of rotatable bonds is 3. The van der Waals surface area contributed by atoms with E-state index in [1.54, 1.807) is 34.4 Å². The molecule has 1 aromatic heterocycles. The van der Waals surface area contributed by atoms with E-state index in [1.807, 2.05) is 6.07 Å². The molecule has 0 fully saturated rings. The van der Waals surface area contributed by atoms with Crippen molar-refractivity contribution in [3.8, 4) is 6.07 Å². The van der Waals surface area contributed by atoms with Crippen LogP contribution in [0.25, 0.3) is 0 Å². The van der Waals surface area contributed by atoms with E-state index in [4.69, 9.17) is 28.9 Å². The van der Waals surface area contributed by atoms with Gasteiger partial charge >= 0.3 is 0 Å². The highest BCUT2D eigenvalue weighted by Crippen LogP contribution is 2.51. The Kier molecular flexibility index (Phi) is 5.68. The van der Waals surface area contributed by atoms with Crippen molar-refractivity contribution in [2.75, 3.05) is 4.90 Å². The first-order chi connectivity index (χ1) is 14.6. The molecule has 2 heterocycles. The number of Topliss-reactive ketones (excluding diaryl/α,β-unsaturated/α-hetero) is 1. The van der Waals surface area contributed by atoms with Gasteiger partial charge in [-0.25, -0.2) is 0 Å². The number of carbonyl (C=O) groups is 1. The predicted molar refractivity (Wildman–Crippen MR) is 127 cm³/mol. The Labute approximate surface area is 196 Å². The van der Waals surface area contributed by atoms with Crippen LogP contribution in [-0.4, -0.2) is 5.78 Å². The van der Waals surface area contributed by atoms with Crippen LogP contribution in [0.4, 0.5) is 5.69 Å². The first-order valence-electron chi connectivity index (χ1n) is 10.2. The summed E-state index contributed by atoms with van der Waals surface area (Å²) in [5.74, 6) is -0.0672. The average molecular weight is 472 g/mol. The second-order valence-electron chi connectivity index (χ2n) is 8.77. The molecule has 2 aromatic rings. The maximum Gasteiger partial charge on any atom is 0.162 e. The smallest absolute Gasteiger partial charge is 0.162 e. The minimum absolute atomic E-state index is 0.0565. The highest BCUT2D eigenvalue weighted by atomic mass is 35.5. The SMILES string of the molecule is CCc1ccc([C@@H]2C(C#N)=C(N)N(c3cc(Cl)cc(Cl)c3)C3=C2C(=O)CC(C)(C)C3)s1. The largest absolute Gasteiger partial charge is 0.384 e. The molecule has 0 saturated carbocycles. The molecular weight excluding hydrogens is 449 g/mol. The molecule has 4 nitrogen and oxygen atoms in total. The number of anilines is 1. The van der Waals surface area contributed by atoms with Crippen molar-refractivity contribution in [3.05, 3.63) is 72.8 Å². The number of thiophene rings is 1. The van der Waals surface area contributed by atoms with Crippen molar-refractivity contribution < 1.29 is 4.79 Å². The van der Waals surface area contributed by atoms with E-state index in [9.17, 15) is 10.1 Å². The lowest BCUT2D eigenvalue weighted by atomic mass is 9.69. The molecule has 4 rings (SSSR count). The van der Waals surface area contributed by atoms with Gasteiger partial charge in [0.2, 0.25) is 0 Å². The number of nitrogens with two attached hydrogens (primary N) is 1. The minimum atomic E-state index is -0.445. The van der Waals surface area contributed by atoms with Crippen LogP contribution in [-0.2, 0) is 11.2 Å². The molecule has 31 heavy (non-hydrogen) atoms. The fourth-order valence-corrected chi connectivity index (χ4v) is 6.08. The van der Waals surface area contributed by atoms with E-state index in [2.05, 4.69) is 32.9 Å². The number of nitrogens with zero attached hydrogens (tertiary/aromatic N) is 2. The molecule has 1 aliphatic carbocycles. The Bertz CT molecular complexity index is 1170. The highest BCUT2D eigenvalue weighted by molar-refractivity contribution is 7.12. The quantitative estimate of drug-likeness (QED) is 0.549. The van der Waals surface area contributed by atoms with E-state index < -0.39 is 5.92 Å². The zero-order chi connectivity index (χ0) is 22.5. The van der Waals surface area contributed by atoms with Crippen molar-refractivity contribution in [1.29, 1.82) is 5.26 Å². The lowest BCUT2D eigenvalue weighted by molar-refractivity contribution is -0.118. The minimum Gasteiger partial charge on any atom is -0.384 e. The second-order valence-corrected chi connectivity index (χ2v) is 10.8. The van der Waals surface area contributed by atoms with Crippen LogP contribution in [0.15, 0.2) is 53.0 Å². The number of hydrogen-bond donors (Lipinski definition) is 1. The van der Waals surface area contributed by atoms with Gasteiger partial charge in [0.05, 0.1) is 23.2 Å². The van der Waals surface area contributed by atoms with E-state index in [0.717, 1.165) is 17.0 Å². The van der Waals surface area contributed by atoms with Crippen LogP contribution >= 0.6 is 34.5 Å². The van der Waals surface area contributed by atoms with E-state index in [1.165, 1.54) is 4.88 Å². The van der Waals surface area contributed by atoms with Crippen LogP contribution in [0.3, 0.4) is 0 Å². The molecule has 7 heteroatoms. The summed E-state index contributed by atoms with van der Waals surface area (Å²) in [4.78, 5) is 17.5. The lowest BCUT2D eigenvalue weighted by Crippen LogP contribution is -2.42. The molecule has 0 amide bonds. The summed E-state index contributed by atoms with van der Waals surface area (Å²) in [6.07, 6.45) is 1.98. The van der Waals surface area contributed by atoms with Crippen molar-refractivity contribution in [3.63, 3.8) is 0 Å². The zero-order valence-corrected chi connectivity index (χ0v) is 20.0. The first kappa shape index (κ1) is 22.0. The number of aryl methyl sites for hydroxylation is 1. The average Bonchev–Trinajstić information content (AvgIpc) is 3.14. The number of halogens is 2. The molecule has 0 bridgehead atoms. The zero-order valence-electron chi connectivity index (χ0n) is 17.6. The highest BCUT2D eigenvalue weighted by Gasteiger charge is 2.45. The van der Waals surface area contributed by atoms with E-state index >= 15 is 0 Å². The number of nitriles is 1. The monoisotopic (exact) mass is 471 g/mol. The molecule has 1 aliphatic heterocycles. The molecule has 1 aromatic carbocycles. The van der Waals surface area contributed by atoms with Gasteiger partial charge in [0.1, 0.15) is 5.82 Å². The Morgan fingerprint density at radius 2 is 1.90 bits per heavy atom. The third kappa shape index (κ3) is 3.89. The number of ketones is 1. The third-order valence-electron chi connectivity index (χ3n) is 5.80. The molecule has 160 valence electrons. The topological polar surface area (TPSA) is 70.1 Å². The summed E-state index contributed by atoms with van der Waals surface area (Å²) in [7, 11) is 0. The number of allylic oxidation sites excluding steroid dienone is 3.